The van der Waals surface area contributed by atoms with Crippen LogP contribution >= 0.6 is 0 Å². The Hall–Kier alpha value is -3.35. The number of carbonyl (C=O) groups excluding carboxylic acids is 1. The lowest BCUT2D eigenvalue weighted by molar-refractivity contribution is -0.167. The SMILES string of the molecule is CC#CCOc1ccc(C[C@H](NC(=O)[C@@H](C=CCCCCCCOCCCCCCC)[C@@](O)(CCC)C(=O)O)C(=O)O)cc1. The van der Waals surface area contributed by atoms with Crippen LogP contribution < -0.4 is 10.1 Å². The lowest BCUT2D eigenvalue weighted by Crippen LogP contribution is -2.54. The van der Waals surface area contributed by atoms with Crippen molar-refractivity contribution >= 4 is 17.8 Å². The van der Waals surface area contributed by atoms with Gasteiger partial charge < -0.3 is 30.1 Å². The quantitative estimate of drug-likeness (QED) is 0.0603. The molecule has 0 spiro atoms. The summed E-state index contributed by atoms with van der Waals surface area (Å²) in [5.41, 5.74) is -1.73. The summed E-state index contributed by atoms with van der Waals surface area (Å²) >= 11 is 0. The Morgan fingerprint density at radius 3 is 2.14 bits per heavy atom. The fraction of sp³-hybridized carbons (Fsp3) is 0.629. The third-order valence-electron chi connectivity index (χ3n) is 7.39. The molecular formula is C35H53NO8. The number of ether oxygens (including phenoxy) is 2. The van der Waals surface area contributed by atoms with Gasteiger partial charge in [-0.25, -0.2) is 9.59 Å². The number of hydrogen-bond acceptors (Lipinski definition) is 6. The third kappa shape index (κ3) is 15.4. The third-order valence-corrected chi connectivity index (χ3v) is 7.39. The summed E-state index contributed by atoms with van der Waals surface area (Å²) in [6.45, 7) is 7.40. The van der Waals surface area contributed by atoms with Crippen molar-refractivity contribution in [1.82, 2.24) is 5.32 Å². The summed E-state index contributed by atoms with van der Waals surface area (Å²) in [5, 5.41) is 33.2. The van der Waals surface area contributed by atoms with E-state index in [1.54, 1.807) is 44.2 Å². The smallest absolute Gasteiger partial charge is 0.336 e. The highest BCUT2D eigenvalue weighted by molar-refractivity contribution is 5.92. The maximum Gasteiger partial charge on any atom is 0.336 e. The second-order valence-electron chi connectivity index (χ2n) is 11.1. The van der Waals surface area contributed by atoms with E-state index in [0.29, 0.717) is 24.2 Å². The molecule has 0 saturated carbocycles. The van der Waals surface area contributed by atoms with Crippen molar-refractivity contribution in [3.8, 4) is 17.6 Å². The first kappa shape index (κ1) is 38.7. The lowest BCUT2D eigenvalue weighted by atomic mass is 9.82. The Morgan fingerprint density at radius 1 is 0.932 bits per heavy atom. The molecule has 9 heteroatoms. The predicted octanol–water partition coefficient (Wildman–Crippen LogP) is 5.93. The number of aliphatic hydroxyl groups is 1. The zero-order valence-corrected chi connectivity index (χ0v) is 26.8. The number of hydrogen-bond donors (Lipinski definition) is 4. The number of carboxylic acids is 2. The van der Waals surface area contributed by atoms with Crippen LogP contribution in [0.5, 0.6) is 5.75 Å². The van der Waals surface area contributed by atoms with E-state index >= 15 is 0 Å². The molecule has 0 aromatic heterocycles. The first-order valence-corrected chi connectivity index (χ1v) is 16.0. The summed E-state index contributed by atoms with van der Waals surface area (Å²) in [4.78, 5) is 37.5. The summed E-state index contributed by atoms with van der Waals surface area (Å²) in [7, 11) is 0. The van der Waals surface area contributed by atoms with Crippen molar-refractivity contribution in [3.05, 3.63) is 42.0 Å². The van der Waals surface area contributed by atoms with Gasteiger partial charge in [-0.2, -0.15) is 0 Å². The molecule has 0 bridgehead atoms. The van der Waals surface area contributed by atoms with E-state index in [1.807, 2.05) is 0 Å². The minimum Gasteiger partial charge on any atom is -0.481 e. The van der Waals surface area contributed by atoms with E-state index in [9.17, 15) is 29.7 Å². The first-order valence-electron chi connectivity index (χ1n) is 16.0. The van der Waals surface area contributed by atoms with E-state index in [2.05, 4.69) is 24.1 Å². The van der Waals surface area contributed by atoms with Gasteiger partial charge in [0, 0.05) is 19.6 Å². The van der Waals surface area contributed by atoms with Crippen molar-refractivity contribution in [3.63, 3.8) is 0 Å². The fourth-order valence-electron chi connectivity index (χ4n) is 4.81. The molecule has 0 heterocycles. The Balaban J connectivity index is 2.73. The number of amides is 1. The van der Waals surface area contributed by atoms with Gasteiger partial charge in [-0.3, -0.25) is 4.79 Å². The van der Waals surface area contributed by atoms with Crippen LogP contribution in [-0.2, 0) is 25.5 Å². The van der Waals surface area contributed by atoms with Crippen LogP contribution in [0.1, 0.15) is 103 Å². The Kier molecular flexibility index (Phi) is 20.3. The molecule has 246 valence electrons. The van der Waals surface area contributed by atoms with E-state index in [4.69, 9.17) is 9.47 Å². The number of unbranched alkanes of at least 4 members (excludes halogenated alkanes) is 8. The van der Waals surface area contributed by atoms with Crippen molar-refractivity contribution in [2.45, 2.75) is 116 Å². The summed E-state index contributed by atoms with van der Waals surface area (Å²) < 4.78 is 11.2. The predicted molar refractivity (Wildman–Crippen MR) is 171 cm³/mol. The molecule has 9 nitrogen and oxygen atoms in total. The Labute approximate surface area is 263 Å². The molecule has 1 amide bonds. The molecule has 1 aromatic carbocycles. The van der Waals surface area contributed by atoms with Gasteiger partial charge in [-0.15, -0.1) is 5.92 Å². The van der Waals surface area contributed by atoms with E-state index < -0.39 is 35.4 Å². The van der Waals surface area contributed by atoms with Gasteiger partial charge >= 0.3 is 11.9 Å². The van der Waals surface area contributed by atoms with Gasteiger partial charge in [0.1, 0.15) is 18.4 Å². The molecule has 1 aromatic rings. The van der Waals surface area contributed by atoms with Crippen LogP contribution in [0.3, 0.4) is 0 Å². The molecular weight excluding hydrogens is 562 g/mol. The standard InChI is InChI=1S/C35H53NO8/c1-4-7-9-13-16-24-43-25-17-14-11-10-12-15-18-30(35(42,23-6-3)34(40)41)32(37)36-31(33(38)39)27-28-19-21-29(22-20-28)44-26-8-5-2/h15,18-22,30-31,42H,4,6-7,9-14,16-17,23-27H2,1-3H3,(H,36,37)(H,38,39)(H,40,41)/t30-,31+,35+/m1/s1. The fourth-order valence-corrected chi connectivity index (χ4v) is 4.81. The molecule has 0 aliphatic heterocycles. The monoisotopic (exact) mass is 615 g/mol. The summed E-state index contributed by atoms with van der Waals surface area (Å²) in [5.74, 6) is 1.00. The molecule has 0 saturated heterocycles. The molecule has 0 fully saturated rings. The van der Waals surface area contributed by atoms with Crippen molar-refractivity contribution in [1.29, 1.82) is 0 Å². The number of benzene rings is 1. The number of nitrogens with one attached hydrogen (secondary N) is 1. The van der Waals surface area contributed by atoms with Gasteiger partial charge in [0.25, 0.3) is 0 Å². The van der Waals surface area contributed by atoms with Crippen molar-refractivity contribution in [2.24, 2.45) is 5.92 Å². The minimum absolute atomic E-state index is 0.0333. The van der Waals surface area contributed by atoms with Crippen LogP contribution in [0.2, 0.25) is 0 Å². The van der Waals surface area contributed by atoms with Gasteiger partial charge in [0.05, 0.1) is 5.92 Å². The number of aliphatic carboxylic acids is 2. The number of carbonyl (C=O) groups is 3. The number of allylic oxidation sites excluding steroid dienone is 1. The lowest BCUT2D eigenvalue weighted by Gasteiger charge is -2.30. The number of rotatable bonds is 25. The average molecular weight is 616 g/mol. The van der Waals surface area contributed by atoms with Crippen LogP contribution in [0.4, 0.5) is 0 Å². The summed E-state index contributed by atoms with van der Waals surface area (Å²) in [6.07, 6.45) is 13.7. The molecule has 0 aliphatic rings. The highest BCUT2D eigenvalue weighted by atomic mass is 16.5. The number of carboxylic acid groups (broad SMARTS) is 2. The van der Waals surface area contributed by atoms with E-state index in [1.165, 1.54) is 31.8 Å². The van der Waals surface area contributed by atoms with Crippen molar-refractivity contribution < 1.29 is 39.2 Å². The second kappa shape index (κ2) is 23.1. The van der Waals surface area contributed by atoms with E-state index in [-0.39, 0.29) is 19.4 Å². The highest BCUT2D eigenvalue weighted by Gasteiger charge is 2.46. The minimum atomic E-state index is -2.37. The Bertz CT molecular complexity index is 1060. The maximum atomic E-state index is 13.3. The van der Waals surface area contributed by atoms with Gasteiger partial charge in [0.2, 0.25) is 5.91 Å². The molecule has 0 aliphatic carbocycles. The van der Waals surface area contributed by atoms with Gasteiger partial charge in [-0.05, 0) is 56.7 Å². The second-order valence-corrected chi connectivity index (χ2v) is 11.1. The first-order chi connectivity index (χ1) is 21.2. The maximum absolute atomic E-state index is 13.3. The van der Waals surface area contributed by atoms with Crippen LogP contribution in [0, 0.1) is 17.8 Å². The summed E-state index contributed by atoms with van der Waals surface area (Å²) in [6, 6.07) is 5.44. The molecule has 0 unspecified atom stereocenters. The zero-order chi connectivity index (χ0) is 32.6. The normalized spacial score (nSPS) is 13.8. The van der Waals surface area contributed by atoms with Crippen LogP contribution in [0.15, 0.2) is 36.4 Å². The molecule has 3 atom stereocenters. The van der Waals surface area contributed by atoms with E-state index in [0.717, 1.165) is 45.3 Å². The zero-order valence-electron chi connectivity index (χ0n) is 26.8. The molecule has 0 radical (unpaired) electrons. The van der Waals surface area contributed by atoms with Gasteiger partial charge in [-0.1, -0.05) is 89.0 Å². The molecule has 1 rings (SSSR count). The largest absolute Gasteiger partial charge is 0.481 e. The van der Waals surface area contributed by atoms with Crippen LogP contribution in [0.25, 0.3) is 0 Å². The molecule has 4 N–H and O–H groups in total. The average Bonchev–Trinajstić information content (AvgIpc) is 2.99. The highest BCUT2D eigenvalue weighted by Crippen LogP contribution is 2.27. The van der Waals surface area contributed by atoms with Crippen LogP contribution in [-0.4, -0.2) is 64.6 Å². The molecule has 44 heavy (non-hydrogen) atoms. The topological polar surface area (TPSA) is 142 Å². The Morgan fingerprint density at radius 2 is 1.57 bits per heavy atom. The van der Waals surface area contributed by atoms with Gasteiger partial charge in [0.15, 0.2) is 5.60 Å². The van der Waals surface area contributed by atoms with Crippen molar-refractivity contribution in [2.75, 3.05) is 19.8 Å².